The first-order valence-electron chi connectivity index (χ1n) is 10.4. The van der Waals surface area contributed by atoms with Gasteiger partial charge in [-0.25, -0.2) is 4.79 Å². The van der Waals surface area contributed by atoms with Crippen LogP contribution in [-0.4, -0.2) is 23.3 Å². The van der Waals surface area contributed by atoms with Gasteiger partial charge in [0.25, 0.3) is 0 Å². The molecule has 2 aliphatic carbocycles. The minimum atomic E-state index is -0.459. The summed E-state index contributed by atoms with van der Waals surface area (Å²) in [6.07, 6.45) is 4.28. The lowest BCUT2D eigenvalue weighted by molar-refractivity contribution is 0.0190. The Hall–Kier alpha value is -1.55. The van der Waals surface area contributed by atoms with Gasteiger partial charge in [-0.1, -0.05) is 37.3 Å². The summed E-state index contributed by atoms with van der Waals surface area (Å²) in [7, 11) is 0. The predicted octanol–water partition coefficient (Wildman–Crippen LogP) is 4.88. The van der Waals surface area contributed by atoms with E-state index in [1.807, 2.05) is 20.8 Å². The molecule has 0 aliphatic heterocycles. The van der Waals surface area contributed by atoms with Crippen LogP contribution in [0.2, 0.25) is 0 Å². The zero-order chi connectivity index (χ0) is 19.7. The zero-order valence-electron chi connectivity index (χ0n) is 17.5. The summed E-state index contributed by atoms with van der Waals surface area (Å²) in [5.41, 5.74) is 0.694. The van der Waals surface area contributed by atoms with Gasteiger partial charge in [0.1, 0.15) is 5.60 Å². The predicted molar refractivity (Wildman–Crippen MR) is 109 cm³/mol. The second-order valence-electron chi connectivity index (χ2n) is 10.1. The Morgan fingerprint density at radius 1 is 1.19 bits per heavy atom. The highest BCUT2D eigenvalue weighted by molar-refractivity contribution is 5.68. The molecular weight excluding hydrogens is 336 g/mol. The number of ether oxygens (including phenoxy) is 1. The second kappa shape index (κ2) is 7.83. The average Bonchev–Trinajstić information content (AvgIpc) is 2.52. The second-order valence-corrected chi connectivity index (χ2v) is 10.1. The Bertz CT molecular complexity index is 638. The summed E-state index contributed by atoms with van der Waals surface area (Å²) in [6, 6.07) is 11.1. The Labute approximate surface area is 164 Å². The zero-order valence-corrected chi connectivity index (χ0v) is 17.5. The molecule has 1 aromatic rings. The molecule has 2 N–H and O–H groups in total. The Morgan fingerprint density at radius 3 is 2.56 bits per heavy atom. The smallest absolute Gasteiger partial charge is 0.408 e. The van der Waals surface area contributed by atoms with Gasteiger partial charge in [0.2, 0.25) is 0 Å². The molecule has 27 heavy (non-hydrogen) atoms. The number of rotatable bonds is 4. The first-order chi connectivity index (χ1) is 12.6. The third kappa shape index (κ3) is 5.47. The van der Waals surface area contributed by atoms with Crippen LogP contribution in [0.25, 0.3) is 0 Å². The van der Waals surface area contributed by atoms with Crippen LogP contribution in [0, 0.1) is 17.8 Å². The molecular formula is C23H36N2O2. The summed E-state index contributed by atoms with van der Waals surface area (Å²) in [4.78, 5) is 12.4. The van der Waals surface area contributed by atoms with Crippen LogP contribution in [-0.2, 0) is 11.3 Å². The van der Waals surface area contributed by atoms with Gasteiger partial charge in [0.05, 0.1) is 0 Å². The lowest BCUT2D eigenvalue weighted by Gasteiger charge is -2.51. The molecule has 4 nitrogen and oxygen atoms in total. The molecule has 2 aliphatic rings. The van der Waals surface area contributed by atoms with Crippen molar-refractivity contribution in [2.75, 3.05) is 0 Å². The van der Waals surface area contributed by atoms with E-state index in [2.05, 4.69) is 54.8 Å². The largest absolute Gasteiger partial charge is 0.444 e. The average molecular weight is 373 g/mol. The lowest BCUT2D eigenvalue weighted by atomic mass is 9.60. The van der Waals surface area contributed by atoms with E-state index in [1.165, 1.54) is 18.4 Å². The quantitative estimate of drug-likeness (QED) is 0.791. The molecule has 150 valence electrons. The highest BCUT2D eigenvalue weighted by Gasteiger charge is 2.46. The Kier molecular flexibility index (Phi) is 5.85. The standard InChI is InChI=1S/C23H36N2O2/c1-16-11-18-12-19(20(16)24-15-17-9-7-6-8-10-17)14-23(5,13-18)25-21(26)27-22(2,3)4/h6-10,16,18-20,24H,11-15H2,1-5H3,(H,25,26). The maximum absolute atomic E-state index is 12.4. The maximum Gasteiger partial charge on any atom is 0.408 e. The van der Waals surface area contributed by atoms with E-state index in [-0.39, 0.29) is 11.6 Å². The van der Waals surface area contributed by atoms with Crippen molar-refractivity contribution in [2.45, 2.75) is 84.0 Å². The van der Waals surface area contributed by atoms with Crippen molar-refractivity contribution >= 4 is 6.09 Å². The van der Waals surface area contributed by atoms with E-state index in [0.29, 0.717) is 23.8 Å². The number of hydrogen-bond acceptors (Lipinski definition) is 3. The van der Waals surface area contributed by atoms with Gasteiger partial charge < -0.3 is 15.4 Å². The molecule has 5 atom stereocenters. The van der Waals surface area contributed by atoms with E-state index < -0.39 is 5.60 Å². The molecule has 5 unspecified atom stereocenters. The van der Waals surface area contributed by atoms with E-state index >= 15 is 0 Å². The molecule has 0 saturated heterocycles. The number of amides is 1. The molecule has 0 spiro atoms. The molecule has 1 amide bonds. The minimum absolute atomic E-state index is 0.178. The number of fused-ring (bicyclic) bond motifs is 2. The normalized spacial score (nSPS) is 33.4. The Morgan fingerprint density at radius 2 is 1.89 bits per heavy atom. The van der Waals surface area contributed by atoms with Crippen molar-refractivity contribution < 1.29 is 9.53 Å². The van der Waals surface area contributed by atoms with Crippen molar-refractivity contribution in [1.82, 2.24) is 10.6 Å². The third-order valence-corrected chi connectivity index (χ3v) is 6.10. The summed E-state index contributed by atoms with van der Waals surface area (Å²) in [6.45, 7) is 11.2. The minimum Gasteiger partial charge on any atom is -0.444 e. The molecule has 4 heteroatoms. The van der Waals surface area contributed by atoms with Crippen LogP contribution in [0.3, 0.4) is 0 Å². The van der Waals surface area contributed by atoms with Crippen molar-refractivity contribution in [3.05, 3.63) is 35.9 Å². The van der Waals surface area contributed by atoms with E-state index in [0.717, 1.165) is 19.4 Å². The first kappa shape index (κ1) is 20.2. The van der Waals surface area contributed by atoms with Gasteiger partial charge in [-0.3, -0.25) is 0 Å². The molecule has 0 heterocycles. The molecule has 1 aromatic carbocycles. The summed E-state index contributed by atoms with van der Waals surface area (Å²) < 4.78 is 5.52. The highest BCUT2D eigenvalue weighted by Crippen LogP contribution is 2.46. The van der Waals surface area contributed by atoms with Gasteiger partial charge in [0.15, 0.2) is 0 Å². The van der Waals surface area contributed by atoms with Gasteiger partial charge in [0, 0.05) is 18.1 Å². The fraction of sp³-hybridized carbons (Fsp3) is 0.696. The monoisotopic (exact) mass is 372 g/mol. The fourth-order valence-electron chi connectivity index (χ4n) is 5.34. The number of hydrogen-bond donors (Lipinski definition) is 2. The van der Waals surface area contributed by atoms with Crippen LogP contribution in [0.5, 0.6) is 0 Å². The van der Waals surface area contributed by atoms with Crippen LogP contribution in [0.4, 0.5) is 4.79 Å². The molecule has 2 bridgehead atoms. The van der Waals surface area contributed by atoms with Gasteiger partial charge in [-0.05, 0) is 76.7 Å². The number of benzene rings is 1. The van der Waals surface area contributed by atoms with E-state index in [9.17, 15) is 4.79 Å². The van der Waals surface area contributed by atoms with Crippen LogP contribution in [0.1, 0.15) is 65.9 Å². The number of alkyl carbamates (subject to hydrolysis) is 1. The van der Waals surface area contributed by atoms with Gasteiger partial charge in [-0.15, -0.1) is 0 Å². The molecule has 2 saturated carbocycles. The first-order valence-corrected chi connectivity index (χ1v) is 10.4. The van der Waals surface area contributed by atoms with Gasteiger partial charge in [-0.2, -0.15) is 0 Å². The Balaban J connectivity index is 1.63. The topological polar surface area (TPSA) is 50.4 Å². The highest BCUT2D eigenvalue weighted by atomic mass is 16.6. The van der Waals surface area contributed by atoms with Crippen molar-refractivity contribution in [3.8, 4) is 0 Å². The van der Waals surface area contributed by atoms with Crippen LogP contribution in [0.15, 0.2) is 30.3 Å². The molecule has 2 fully saturated rings. The number of carbonyl (C=O) groups is 1. The summed E-state index contributed by atoms with van der Waals surface area (Å²) >= 11 is 0. The molecule has 0 aromatic heterocycles. The van der Waals surface area contributed by atoms with E-state index in [4.69, 9.17) is 4.74 Å². The fourth-order valence-corrected chi connectivity index (χ4v) is 5.34. The lowest BCUT2D eigenvalue weighted by Crippen LogP contribution is -2.58. The van der Waals surface area contributed by atoms with Gasteiger partial charge >= 0.3 is 6.09 Å². The summed E-state index contributed by atoms with van der Waals surface area (Å²) in [5.74, 6) is 1.95. The number of nitrogens with one attached hydrogen (secondary N) is 2. The molecule has 0 radical (unpaired) electrons. The van der Waals surface area contributed by atoms with Crippen molar-refractivity contribution in [1.29, 1.82) is 0 Å². The SMILES string of the molecule is CC1CC2CC(CC(C)(NC(=O)OC(C)(C)C)C2)C1NCc1ccccc1. The number of carbonyl (C=O) groups excluding carboxylic acids is 1. The van der Waals surface area contributed by atoms with E-state index in [1.54, 1.807) is 0 Å². The van der Waals surface area contributed by atoms with Crippen LogP contribution >= 0.6 is 0 Å². The summed E-state index contributed by atoms with van der Waals surface area (Å²) in [5, 5.41) is 7.03. The maximum atomic E-state index is 12.4. The van der Waals surface area contributed by atoms with Crippen molar-refractivity contribution in [3.63, 3.8) is 0 Å². The van der Waals surface area contributed by atoms with Crippen molar-refractivity contribution in [2.24, 2.45) is 17.8 Å². The molecule has 3 rings (SSSR count). The third-order valence-electron chi connectivity index (χ3n) is 6.10. The van der Waals surface area contributed by atoms with Crippen LogP contribution < -0.4 is 10.6 Å².